The molecule has 0 bridgehead atoms. The fraction of sp³-hybridized carbons (Fsp3) is 0.143. The molecule has 0 heterocycles. The first-order chi connectivity index (χ1) is 11.4. The summed E-state index contributed by atoms with van der Waals surface area (Å²) in [5, 5.41) is 0. The molecule has 24 heavy (non-hydrogen) atoms. The van der Waals surface area contributed by atoms with Crippen LogP contribution >= 0.6 is 0 Å². The molecule has 0 aromatic heterocycles. The molecule has 122 valence electrons. The van der Waals surface area contributed by atoms with Crippen LogP contribution in [0, 0.1) is 0 Å². The standard InChI is InChI=1S/C21H22N2O/c1-21(2,15-3-7-17(22)8-4-15)16-5-11-19(12-6-16)24-20-13-9-18(23)10-14-20/h3-14H,22-23H2,1-2H3. The lowest BCUT2D eigenvalue weighted by molar-refractivity contribution is 0.482. The van der Waals surface area contributed by atoms with E-state index in [2.05, 4.69) is 38.1 Å². The van der Waals surface area contributed by atoms with Crippen LogP contribution in [0.3, 0.4) is 0 Å². The second-order valence-electron chi connectivity index (χ2n) is 6.44. The molecule has 0 radical (unpaired) electrons. The average Bonchev–Trinajstić information content (AvgIpc) is 2.58. The lowest BCUT2D eigenvalue weighted by Gasteiger charge is -2.26. The third kappa shape index (κ3) is 3.35. The summed E-state index contributed by atoms with van der Waals surface area (Å²) < 4.78 is 5.85. The molecule has 4 N–H and O–H groups in total. The van der Waals surface area contributed by atoms with E-state index < -0.39 is 0 Å². The van der Waals surface area contributed by atoms with Gasteiger partial charge in [0.25, 0.3) is 0 Å². The van der Waals surface area contributed by atoms with Crippen molar-refractivity contribution in [1.29, 1.82) is 0 Å². The van der Waals surface area contributed by atoms with E-state index in [9.17, 15) is 0 Å². The largest absolute Gasteiger partial charge is 0.457 e. The van der Waals surface area contributed by atoms with Crippen LogP contribution in [0.2, 0.25) is 0 Å². The number of nitrogen functional groups attached to an aromatic ring is 2. The minimum atomic E-state index is -0.104. The van der Waals surface area contributed by atoms with Crippen molar-refractivity contribution in [3.63, 3.8) is 0 Å². The SMILES string of the molecule is CC(C)(c1ccc(N)cc1)c1ccc(Oc2ccc(N)cc2)cc1. The van der Waals surface area contributed by atoms with E-state index in [1.165, 1.54) is 11.1 Å². The molecule has 0 spiro atoms. The summed E-state index contributed by atoms with van der Waals surface area (Å²) >= 11 is 0. The number of hydrogen-bond donors (Lipinski definition) is 2. The maximum Gasteiger partial charge on any atom is 0.127 e. The summed E-state index contributed by atoms with van der Waals surface area (Å²) in [7, 11) is 0. The number of rotatable bonds is 4. The van der Waals surface area contributed by atoms with Gasteiger partial charge in [-0.1, -0.05) is 38.1 Å². The Balaban J connectivity index is 1.80. The van der Waals surface area contributed by atoms with Gasteiger partial charge < -0.3 is 16.2 Å². The van der Waals surface area contributed by atoms with Gasteiger partial charge in [-0.25, -0.2) is 0 Å². The zero-order valence-corrected chi connectivity index (χ0v) is 14.0. The first kappa shape index (κ1) is 15.9. The molecule has 0 fully saturated rings. The van der Waals surface area contributed by atoms with Gasteiger partial charge in [0.1, 0.15) is 11.5 Å². The number of ether oxygens (including phenoxy) is 1. The molecular weight excluding hydrogens is 296 g/mol. The fourth-order valence-electron chi connectivity index (χ4n) is 2.68. The minimum absolute atomic E-state index is 0.104. The zero-order valence-electron chi connectivity index (χ0n) is 14.0. The van der Waals surface area contributed by atoms with Crippen molar-refractivity contribution >= 4 is 11.4 Å². The van der Waals surface area contributed by atoms with Gasteiger partial charge in [0.15, 0.2) is 0 Å². The second kappa shape index (κ2) is 6.28. The molecule has 0 amide bonds. The Morgan fingerprint density at radius 2 is 0.917 bits per heavy atom. The number of hydrogen-bond acceptors (Lipinski definition) is 3. The van der Waals surface area contributed by atoms with Gasteiger partial charge in [-0.05, 0) is 59.7 Å². The monoisotopic (exact) mass is 318 g/mol. The average molecular weight is 318 g/mol. The molecule has 0 unspecified atom stereocenters. The van der Waals surface area contributed by atoms with Gasteiger partial charge in [0.05, 0.1) is 0 Å². The topological polar surface area (TPSA) is 61.3 Å². The Morgan fingerprint density at radius 1 is 0.583 bits per heavy atom. The molecule has 3 aromatic rings. The molecule has 3 rings (SSSR count). The summed E-state index contributed by atoms with van der Waals surface area (Å²) in [6.45, 7) is 4.41. The summed E-state index contributed by atoms with van der Waals surface area (Å²) in [5.74, 6) is 1.58. The van der Waals surface area contributed by atoms with Crippen molar-refractivity contribution in [1.82, 2.24) is 0 Å². The predicted octanol–water partition coefficient (Wildman–Crippen LogP) is 4.97. The van der Waals surface area contributed by atoms with Crippen molar-refractivity contribution in [2.75, 3.05) is 11.5 Å². The van der Waals surface area contributed by atoms with Gasteiger partial charge in [0, 0.05) is 16.8 Å². The fourth-order valence-corrected chi connectivity index (χ4v) is 2.68. The summed E-state index contributed by atoms with van der Waals surface area (Å²) in [5.41, 5.74) is 15.3. The van der Waals surface area contributed by atoms with Gasteiger partial charge >= 0.3 is 0 Å². The highest BCUT2D eigenvalue weighted by Gasteiger charge is 2.22. The van der Waals surface area contributed by atoms with Crippen LogP contribution in [-0.2, 0) is 5.41 Å². The van der Waals surface area contributed by atoms with Crippen LogP contribution in [0.4, 0.5) is 11.4 Å². The third-order valence-corrected chi connectivity index (χ3v) is 4.32. The minimum Gasteiger partial charge on any atom is -0.457 e. The van der Waals surface area contributed by atoms with Gasteiger partial charge in [0.2, 0.25) is 0 Å². The van der Waals surface area contributed by atoms with Crippen LogP contribution < -0.4 is 16.2 Å². The highest BCUT2D eigenvalue weighted by Crippen LogP contribution is 2.33. The van der Waals surface area contributed by atoms with E-state index >= 15 is 0 Å². The molecule has 0 aliphatic rings. The highest BCUT2D eigenvalue weighted by molar-refractivity contribution is 5.47. The van der Waals surface area contributed by atoms with Crippen LogP contribution in [0.5, 0.6) is 11.5 Å². The Bertz CT molecular complexity index is 804. The number of anilines is 2. The van der Waals surface area contributed by atoms with E-state index in [1.54, 1.807) is 0 Å². The maximum absolute atomic E-state index is 5.85. The molecule has 0 aliphatic carbocycles. The van der Waals surface area contributed by atoms with Gasteiger partial charge in [-0.15, -0.1) is 0 Å². The van der Waals surface area contributed by atoms with Crippen LogP contribution in [0.15, 0.2) is 72.8 Å². The first-order valence-corrected chi connectivity index (χ1v) is 7.95. The Labute approximate surface area is 142 Å². The lowest BCUT2D eigenvalue weighted by atomic mass is 9.78. The second-order valence-corrected chi connectivity index (χ2v) is 6.44. The van der Waals surface area contributed by atoms with Crippen molar-refractivity contribution < 1.29 is 4.74 Å². The summed E-state index contributed by atoms with van der Waals surface area (Å²) in [4.78, 5) is 0. The van der Waals surface area contributed by atoms with E-state index in [0.29, 0.717) is 0 Å². The normalized spacial score (nSPS) is 11.2. The Hall–Kier alpha value is -2.94. The third-order valence-electron chi connectivity index (χ3n) is 4.32. The Morgan fingerprint density at radius 3 is 1.38 bits per heavy atom. The van der Waals surface area contributed by atoms with Gasteiger partial charge in [-0.3, -0.25) is 0 Å². The predicted molar refractivity (Wildman–Crippen MR) is 100 cm³/mol. The van der Waals surface area contributed by atoms with Crippen molar-refractivity contribution in [3.8, 4) is 11.5 Å². The number of benzene rings is 3. The van der Waals surface area contributed by atoms with Crippen LogP contribution in [0.25, 0.3) is 0 Å². The van der Waals surface area contributed by atoms with Crippen LogP contribution in [-0.4, -0.2) is 0 Å². The quantitative estimate of drug-likeness (QED) is 0.668. The summed E-state index contributed by atoms with van der Waals surface area (Å²) in [6.07, 6.45) is 0. The highest BCUT2D eigenvalue weighted by atomic mass is 16.5. The zero-order chi connectivity index (χ0) is 17.2. The molecule has 0 aliphatic heterocycles. The van der Waals surface area contributed by atoms with Crippen molar-refractivity contribution in [2.45, 2.75) is 19.3 Å². The number of nitrogens with two attached hydrogens (primary N) is 2. The van der Waals surface area contributed by atoms with Crippen LogP contribution in [0.1, 0.15) is 25.0 Å². The molecule has 3 nitrogen and oxygen atoms in total. The molecule has 0 atom stereocenters. The van der Waals surface area contributed by atoms with E-state index in [0.717, 1.165) is 22.9 Å². The summed E-state index contributed by atoms with van der Waals surface area (Å²) in [6, 6.07) is 23.6. The molecule has 0 saturated carbocycles. The molecular formula is C21H22N2O. The van der Waals surface area contributed by atoms with Gasteiger partial charge in [-0.2, -0.15) is 0 Å². The van der Waals surface area contributed by atoms with E-state index in [-0.39, 0.29) is 5.41 Å². The lowest BCUT2D eigenvalue weighted by Crippen LogP contribution is -2.18. The van der Waals surface area contributed by atoms with Crippen molar-refractivity contribution in [2.24, 2.45) is 0 Å². The molecule has 0 saturated heterocycles. The van der Waals surface area contributed by atoms with Crippen molar-refractivity contribution in [3.05, 3.63) is 83.9 Å². The maximum atomic E-state index is 5.85. The molecule has 3 heteroatoms. The smallest absolute Gasteiger partial charge is 0.127 e. The molecule has 3 aromatic carbocycles. The first-order valence-electron chi connectivity index (χ1n) is 7.95. The van der Waals surface area contributed by atoms with E-state index in [1.807, 2.05) is 48.5 Å². The Kier molecular flexibility index (Phi) is 4.17. The van der Waals surface area contributed by atoms with E-state index in [4.69, 9.17) is 16.2 Å².